The third kappa shape index (κ3) is 3.28. The maximum atomic E-state index is 13.1. The molecular weight excluding hydrogens is 330 g/mol. The quantitative estimate of drug-likeness (QED) is 0.722. The van der Waals surface area contributed by atoms with E-state index in [1.807, 2.05) is 47.4 Å². The maximum Gasteiger partial charge on any atom is 0.259 e. The zero-order valence-electron chi connectivity index (χ0n) is 14.7. The third-order valence-electron chi connectivity index (χ3n) is 4.74. The highest BCUT2D eigenvalue weighted by molar-refractivity contribution is 6.00. The Morgan fingerprint density at radius 1 is 1.08 bits per heavy atom. The molecule has 2 aromatic heterocycles. The number of furan rings is 1. The van der Waals surface area contributed by atoms with Gasteiger partial charge in [-0.2, -0.15) is 0 Å². The van der Waals surface area contributed by atoms with E-state index in [-0.39, 0.29) is 5.91 Å². The number of nitrogens with zero attached hydrogens (tertiary/aromatic N) is 3. The molecule has 134 valence electrons. The summed E-state index contributed by atoms with van der Waals surface area (Å²) in [6, 6.07) is 13.6. The van der Waals surface area contributed by atoms with Crippen LogP contribution in [0.2, 0.25) is 0 Å². The second-order valence-corrected chi connectivity index (χ2v) is 6.48. The van der Waals surface area contributed by atoms with Gasteiger partial charge in [0.2, 0.25) is 0 Å². The lowest BCUT2D eigenvalue weighted by Crippen LogP contribution is -2.48. The van der Waals surface area contributed by atoms with Crippen molar-refractivity contribution < 1.29 is 13.7 Å². The number of carbonyl (C=O) groups excluding carboxylic acids is 1. The molecule has 1 saturated heterocycles. The molecule has 4 rings (SSSR count). The van der Waals surface area contributed by atoms with Gasteiger partial charge in [0.25, 0.3) is 5.91 Å². The Hall–Kier alpha value is -2.86. The average molecular weight is 351 g/mol. The fourth-order valence-electron chi connectivity index (χ4n) is 3.31. The molecule has 0 saturated carbocycles. The van der Waals surface area contributed by atoms with Gasteiger partial charge in [0.15, 0.2) is 0 Å². The first-order valence-electron chi connectivity index (χ1n) is 8.78. The minimum atomic E-state index is -0.0137. The smallest absolute Gasteiger partial charge is 0.259 e. The van der Waals surface area contributed by atoms with Crippen molar-refractivity contribution in [2.24, 2.45) is 0 Å². The number of rotatable bonds is 4. The fraction of sp³-hybridized carbons (Fsp3) is 0.300. The van der Waals surface area contributed by atoms with Gasteiger partial charge in [0.05, 0.1) is 12.8 Å². The van der Waals surface area contributed by atoms with E-state index < -0.39 is 0 Å². The number of aryl methyl sites for hydroxylation is 1. The highest BCUT2D eigenvalue weighted by Gasteiger charge is 2.28. The minimum Gasteiger partial charge on any atom is -0.468 e. The lowest BCUT2D eigenvalue weighted by atomic mass is 10.0. The second kappa shape index (κ2) is 7.17. The van der Waals surface area contributed by atoms with Crippen molar-refractivity contribution in [3.05, 3.63) is 65.8 Å². The average Bonchev–Trinajstić information content (AvgIpc) is 3.32. The Morgan fingerprint density at radius 2 is 1.85 bits per heavy atom. The Balaban J connectivity index is 1.47. The summed E-state index contributed by atoms with van der Waals surface area (Å²) < 4.78 is 10.7. The lowest BCUT2D eigenvalue weighted by molar-refractivity contribution is 0.0619. The first-order chi connectivity index (χ1) is 12.7. The molecule has 0 bridgehead atoms. The van der Waals surface area contributed by atoms with Gasteiger partial charge >= 0.3 is 0 Å². The van der Waals surface area contributed by atoms with Crippen LogP contribution in [0.3, 0.4) is 0 Å². The molecule has 0 unspecified atom stereocenters. The molecule has 0 spiro atoms. The summed E-state index contributed by atoms with van der Waals surface area (Å²) in [5, 5.41) is 4.12. The summed E-state index contributed by atoms with van der Waals surface area (Å²) >= 11 is 0. The van der Waals surface area contributed by atoms with Crippen molar-refractivity contribution in [2.75, 3.05) is 26.2 Å². The van der Waals surface area contributed by atoms with Crippen LogP contribution < -0.4 is 0 Å². The van der Waals surface area contributed by atoms with Gasteiger partial charge in [-0.1, -0.05) is 35.5 Å². The summed E-state index contributed by atoms with van der Waals surface area (Å²) in [7, 11) is 0. The first kappa shape index (κ1) is 16.6. The van der Waals surface area contributed by atoms with Crippen LogP contribution in [0.4, 0.5) is 0 Å². The monoisotopic (exact) mass is 351 g/mol. The molecule has 26 heavy (non-hydrogen) atoms. The molecule has 0 N–H and O–H groups in total. The molecule has 1 aliphatic heterocycles. The standard InChI is InChI=1S/C20H21N3O3/c1-15-18(19(21-26-15)16-6-3-2-4-7-16)20(24)23-11-9-22(10-12-23)14-17-8-5-13-25-17/h2-8,13H,9-12,14H2,1H3. The van der Waals surface area contributed by atoms with Crippen LogP contribution in [0, 0.1) is 6.92 Å². The molecule has 3 aromatic rings. The van der Waals surface area contributed by atoms with Crippen LogP contribution >= 0.6 is 0 Å². The zero-order chi connectivity index (χ0) is 17.9. The Labute approximate surface area is 152 Å². The van der Waals surface area contributed by atoms with Crippen molar-refractivity contribution in [2.45, 2.75) is 13.5 Å². The van der Waals surface area contributed by atoms with E-state index in [0.717, 1.165) is 31.0 Å². The number of hydrogen-bond donors (Lipinski definition) is 0. The SMILES string of the molecule is Cc1onc(-c2ccccc2)c1C(=O)N1CCN(Cc2ccco2)CC1. The van der Waals surface area contributed by atoms with Crippen molar-refractivity contribution in [3.63, 3.8) is 0 Å². The Morgan fingerprint density at radius 3 is 2.54 bits per heavy atom. The van der Waals surface area contributed by atoms with Gasteiger partial charge in [0, 0.05) is 31.7 Å². The van der Waals surface area contributed by atoms with E-state index in [4.69, 9.17) is 8.94 Å². The molecule has 3 heterocycles. The molecule has 1 aromatic carbocycles. The molecule has 6 heteroatoms. The normalized spacial score (nSPS) is 15.3. The van der Waals surface area contributed by atoms with Gasteiger partial charge in [-0.05, 0) is 19.1 Å². The third-order valence-corrected chi connectivity index (χ3v) is 4.74. The van der Waals surface area contributed by atoms with Crippen molar-refractivity contribution in [3.8, 4) is 11.3 Å². The van der Waals surface area contributed by atoms with Gasteiger partial charge in [-0.15, -0.1) is 0 Å². The number of aromatic nitrogens is 1. The number of amides is 1. The summed E-state index contributed by atoms with van der Waals surface area (Å²) in [6.45, 7) is 5.56. The van der Waals surface area contributed by atoms with Gasteiger partial charge in [-0.3, -0.25) is 9.69 Å². The molecule has 0 aliphatic carbocycles. The first-order valence-corrected chi connectivity index (χ1v) is 8.78. The highest BCUT2D eigenvalue weighted by atomic mass is 16.5. The molecule has 1 fully saturated rings. The molecule has 1 aliphatic rings. The number of hydrogen-bond acceptors (Lipinski definition) is 5. The largest absolute Gasteiger partial charge is 0.468 e. The zero-order valence-corrected chi connectivity index (χ0v) is 14.7. The lowest BCUT2D eigenvalue weighted by Gasteiger charge is -2.34. The fourth-order valence-corrected chi connectivity index (χ4v) is 3.31. The summed E-state index contributed by atoms with van der Waals surface area (Å²) in [5.74, 6) is 1.50. The van der Waals surface area contributed by atoms with Gasteiger partial charge in [-0.25, -0.2) is 0 Å². The predicted octanol–water partition coefficient (Wildman–Crippen LogP) is 3.20. The molecule has 0 atom stereocenters. The van der Waals surface area contributed by atoms with Crippen molar-refractivity contribution in [1.82, 2.24) is 15.0 Å². The predicted molar refractivity (Wildman–Crippen MR) is 96.6 cm³/mol. The molecule has 1 amide bonds. The van der Waals surface area contributed by atoms with Crippen LogP contribution in [0.5, 0.6) is 0 Å². The van der Waals surface area contributed by atoms with Crippen LogP contribution in [-0.2, 0) is 6.54 Å². The van der Waals surface area contributed by atoms with E-state index in [1.54, 1.807) is 13.2 Å². The molecule has 0 radical (unpaired) electrons. The van der Waals surface area contributed by atoms with Crippen LogP contribution in [0.25, 0.3) is 11.3 Å². The number of piperazine rings is 1. The number of carbonyl (C=O) groups is 1. The second-order valence-electron chi connectivity index (χ2n) is 6.48. The molecular formula is C20H21N3O3. The van der Waals surface area contributed by atoms with E-state index in [0.29, 0.717) is 30.1 Å². The van der Waals surface area contributed by atoms with Crippen LogP contribution in [-0.4, -0.2) is 47.0 Å². The van der Waals surface area contributed by atoms with E-state index in [9.17, 15) is 4.79 Å². The summed E-state index contributed by atoms with van der Waals surface area (Å²) in [5.41, 5.74) is 2.07. The minimum absolute atomic E-state index is 0.0137. The van der Waals surface area contributed by atoms with Gasteiger partial charge < -0.3 is 13.8 Å². The van der Waals surface area contributed by atoms with E-state index >= 15 is 0 Å². The van der Waals surface area contributed by atoms with Gasteiger partial charge in [0.1, 0.15) is 22.8 Å². The topological polar surface area (TPSA) is 62.7 Å². The van der Waals surface area contributed by atoms with Crippen molar-refractivity contribution >= 4 is 5.91 Å². The number of benzene rings is 1. The summed E-state index contributed by atoms with van der Waals surface area (Å²) in [6.07, 6.45) is 1.69. The molecule has 6 nitrogen and oxygen atoms in total. The van der Waals surface area contributed by atoms with E-state index in [2.05, 4.69) is 10.1 Å². The van der Waals surface area contributed by atoms with E-state index in [1.165, 1.54) is 0 Å². The Kier molecular flexibility index (Phi) is 4.58. The van der Waals surface area contributed by atoms with Crippen molar-refractivity contribution in [1.29, 1.82) is 0 Å². The van der Waals surface area contributed by atoms with Crippen LogP contribution in [0.1, 0.15) is 21.9 Å². The van der Waals surface area contributed by atoms with Crippen LogP contribution in [0.15, 0.2) is 57.7 Å². The Bertz CT molecular complexity index is 863. The highest BCUT2D eigenvalue weighted by Crippen LogP contribution is 2.26. The maximum absolute atomic E-state index is 13.1. The summed E-state index contributed by atoms with van der Waals surface area (Å²) in [4.78, 5) is 17.3.